The molecular formula is C21H26N2OS. The molecule has 0 bridgehead atoms. The number of benzene rings is 2. The molecule has 4 heteroatoms. The Morgan fingerprint density at radius 3 is 2.68 bits per heavy atom. The molecule has 0 spiro atoms. The molecule has 0 fully saturated rings. The lowest BCUT2D eigenvalue weighted by Gasteiger charge is -2.11. The van der Waals surface area contributed by atoms with Gasteiger partial charge in [-0.2, -0.15) is 0 Å². The van der Waals surface area contributed by atoms with Gasteiger partial charge in [0, 0.05) is 40.2 Å². The Labute approximate surface area is 154 Å². The predicted molar refractivity (Wildman–Crippen MR) is 108 cm³/mol. The van der Waals surface area contributed by atoms with E-state index in [0.717, 1.165) is 24.5 Å². The van der Waals surface area contributed by atoms with E-state index in [2.05, 4.69) is 61.2 Å². The molecule has 0 saturated heterocycles. The van der Waals surface area contributed by atoms with Crippen LogP contribution < -0.4 is 4.74 Å². The summed E-state index contributed by atoms with van der Waals surface area (Å²) in [6, 6.07) is 14.9. The van der Waals surface area contributed by atoms with Gasteiger partial charge in [0.15, 0.2) is 0 Å². The average molecular weight is 355 g/mol. The molecule has 1 aromatic heterocycles. The summed E-state index contributed by atoms with van der Waals surface area (Å²) >= 11 is 1.84. The van der Waals surface area contributed by atoms with Gasteiger partial charge in [0.2, 0.25) is 0 Å². The van der Waals surface area contributed by atoms with Gasteiger partial charge in [-0.05, 0) is 50.8 Å². The van der Waals surface area contributed by atoms with E-state index in [-0.39, 0.29) is 0 Å². The zero-order valence-corrected chi connectivity index (χ0v) is 16.2. The van der Waals surface area contributed by atoms with Crippen LogP contribution in [0.4, 0.5) is 0 Å². The van der Waals surface area contributed by atoms with Crippen molar-refractivity contribution in [1.82, 2.24) is 9.88 Å². The fourth-order valence-electron chi connectivity index (χ4n) is 3.02. The van der Waals surface area contributed by atoms with Crippen molar-refractivity contribution in [2.24, 2.45) is 0 Å². The molecule has 0 radical (unpaired) electrons. The van der Waals surface area contributed by atoms with Gasteiger partial charge in [0.05, 0.1) is 7.11 Å². The Kier molecular flexibility index (Phi) is 5.71. The first-order chi connectivity index (χ1) is 12.1. The second kappa shape index (κ2) is 7.98. The van der Waals surface area contributed by atoms with E-state index in [1.807, 2.05) is 23.9 Å². The van der Waals surface area contributed by atoms with E-state index in [1.54, 1.807) is 7.11 Å². The van der Waals surface area contributed by atoms with Crippen molar-refractivity contribution in [2.75, 3.05) is 27.7 Å². The molecule has 0 saturated carbocycles. The highest BCUT2D eigenvalue weighted by Gasteiger charge is 2.13. The van der Waals surface area contributed by atoms with E-state index in [0.29, 0.717) is 0 Å². The number of aryl methyl sites for hydroxylation is 1. The molecule has 0 aliphatic heterocycles. The molecule has 0 atom stereocenters. The van der Waals surface area contributed by atoms with Crippen LogP contribution in [0, 0.1) is 6.92 Å². The van der Waals surface area contributed by atoms with Crippen LogP contribution in [0.15, 0.2) is 47.4 Å². The molecule has 0 unspecified atom stereocenters. The van der Waals surface area contributed by atoms with Gasteiger partial charge >= 0.3 is 0 Å². The molecule has 3 rings (SSSR count). The number of nitrogens with one attached hydrogen (secondary N) is 1. The summed E-state index contributed by atoms with van der Waals surface area (Å²) in [6.07, 6.45) is 1.03. The lowest BCUT2D eigenvalue weighted by atomic mass is 10.1. The minimum absolute atomic E-state index is 0.937. The third kappa shape index (κ3) is 4.20. The number of methoxy groups -OCH3 is 1. The van der Waals surface area contributed by atoms with Gasteiger partial charge in [-0.25, -0.2) is 0 Å². The van der Waals surface area contributed by atoms with Crippen molar-refractivity contribution in [3.05, 3.63) is 59.3 Å². The molecule has 0 aliphatic carbocycles. The molecular weight excluding hydrogens is 328 g/mol. The number of aromatic amines is 1. The Morgan fingerprint density at radius 2 is 1.92 bits per heavy atom. The first kappa shape index (κ1) is 17.9. The van der Waals surface area contributed by atoms with Crippen LogP contribution in [-0.4, -0.2) is 37.6 Å². The highest BCUT2D eigenvalue weighted by atomic mass is 32.2. The van der Waals surface area contributed by atoms with Crippen molar-refractivity contribution >= 4 is 22.7 Å². The molecule has 132 valence electrons. The molecule has 0 amide bonds. The largest absolute Gasteiger partial charge is 0.496 e. The highest BCUT2D eigenvalue weighted by Crippen LogP contribution is 2.35. The summed E-state index contributed by atoms with van der Waals surface area (Å²) in [5, 5.41) is 1.34. The summed E-state index contributed by atoms with van der Waals surface area (Å²) in [5.74, 6) is 1.88. The van der Waals surface area contributed by atoms with E-state index in [9.17, 15) is 0 Å². The number of H-pyrrole nitrogens is 1. The minimum atomic E-state index is 0.937. The third-order valence-corrected chi connectivity index (χ3v) is 5.48. The second-order valence-corrected chi connectivity index (χ2v) is 7.64. The van der Waals surface area contributed by atoms with Crippen LogP contribution in [0.2, 0.25) is 0 Å². The predicted octanol–water partition coefficient (Wildman–Crippen LogP) is 4.88. The normalized spacial score (nSPS) is 11.4. The van der Waals surface area contributed by atoms with Crippen molar-refractivity contribution in [1.29, 1.82) is 0 Å². The SMILES string of the molecule is COc1ccccc1SCc1c(CCN(C)C)[nH]c2ccc(C)cc12. The standard InChI is InChI=1S/C21H26N2OS/c1-15-9-10-18-16(13-15)17(19(22-18)11-12-23(2)3)14-25-21-8-6-5-7-20(21)24-4/h5-10,13,22H,11-12,14H2,1-4H3. The zero-order chi connectivity index (χ0) is 17.8. The number of hydrogen-bond acceptors (Lipinski definition) is 3. The number of nitrogens with zero attached hydrogens (tertiary/aromatic N) is 1. The topological polar surface area (TPSA) is 28.3 Å². The first-order valence-electron chi connectivity index (χ1n) is 8.59. The van der Waals surface area contributed by atoms with Gasteiger partial charge in [-0.3, -0.25) is 0 Å². The van der Waals surface area contributed by atoms with Gasteiger partial charge in [-0.15, -0.1) is 11.8 Å². The molecule has 3 nitrogen and oxygen atoms in total. The molecule has 2 aromatic carbocycles. The number of likely N-dealkylation sites (N-methyl/N-ethyl adjacent to an activating group) is 1. The Bertz CT molecular complexity index is 854. The van der Waals surface area contributed by atoms with Gasteiger partial charge in [0.1, 0.15) is 5.75 Å². The smallest absolute Gasteiger partial charge is 0.132 e. The Hall–Kier alpha value is -1.91. The molecule has 1 heterocycles. The van der Waals surface area contributed by atoms with Crippen molar-refractivity contribution in [2.45, 2.75) is 24.0 Å². The molecule has 0 aliphatic rings. The first-order valence-corrected chi connectivity index (χ1v) is 9.57. The highest BCUT2D eigenvalue weighted by molar-refractivity contribution is 7.98. The summed E-state index contributed by atoms with van der Waals surface area (Å²) in [7, 11) is 5.98. The van der Waals surface area contributed by atoms with Crippen molar-refractivity contribution < 1.29 is 4.74 Å². The van der Waals surface area contributed by atoms with Gasteiger partial charge in [0.25, 0.3) is 0 Å². The summed E-state index contributed by atoms with van der Waals surface area (Å²) in [5.41, 5.74) is 5.29. The minimum Gasteiger partial charge on any atom is -0.496 e. The van der Waals surface area contributed by atoms with E-state index >= 15 is 0 Å². The van der Waals surface area contributed by atoms with Crippen molar-refractivity contribution in [3.8, 4) is 5.75 Å². The van der Waals surface area contributed by atoms with Crippen LogP contribution in [0.5, 0.6) is 5.75 Å². The summed E-state index contributed by atoms with van der Waals surface area (Å²) < 4.78 is 5.50. The maximum atomic E-state index is 5.50. The Morgan fingerprint density at radius 1 is 1.12 bits per heavy atom. The maximum Gasteiger partial charge on any atom is 0.132 e. The molecule has 1 N–H and O–H groups in total. The van der Waals surface area contributed by atoms with Crippen LogP contribution in [0.1, 0.15) is 16.8 Å². The van der Waals surface area contributed by atoms with E-state index in [4.69, 9.17) is 4.74 Å². The fraction of sp³-hybridized carbons (Fsp3) is 0.333. The number of thioether (sulfide) groups is 1. The molecule has 25 heavy (non-hydrogen) atoms. The number of rotatable bonds is 7. The lowest BCUT2D eigenvalue weighted by Crippen LogP contribution is -2.15. The van der Waals surface area contributed by atoms with Crippen LogP contribution >= 0.6 is 11.8 Å². The van der Waals surface area contributed by atoms with Crippen molar-refractivity contribution in [3.63, 3.8) is 0 Å². The van der Waals surface area contributed by atoms with Crippen LogP contribution in [0.25, 0.3) is 10.9 Å². The zero-order valence-electron chi connectivity index (χ0n) is 15.4. The number of fused-ring (bicyclic) bond motifs is 1. The lowest BCUT2D eigenvalue weighted by molar-refractivity contribution is 0.405. The quantitative estimate of drug-likeness (QED) is 0.613. The average Bonchev–Trinajstić information content (AvgIpc) is 2.95. The maximum absolute atomic E-state index is 5.50. The van der Waals surface area contributed by atoms with E-state index in [1.165, 1.54) is 32.6 Å². The van der Waals surface area contributed by atoms with Gasteiger partial charge in [-0.1, -0.05) is 23.8 Å². The second-order valence-electron chi connectivity index (χ2n) is 6.62. The fourth-order valence-corrected chi connectivity index (χ4v) is 4.12. The number of aromatic nitrogens is 1. The number of ether oxygens (including phenoxy) is 1. The number of hydrogen-bond donors (Lipinski definition) is 1. The molecule has 3 aromatic rings. The third-order valence-electron chi connectivity index (χ3n) is 4.40. The summed E-state index contributed by atoms with van der Waals surface area (Å²) in [6.45, 7) is 3.20. The summed E-state index contributed by atoms with van der Waals surface area (Å²) in [4.78, 5) is 7.06. The van der Waals surface area contributed by atoms with Crippen LogP contribution in [-0.2, 0) is 12.2 Å². The monoisotopic (exact) mass is 354 g/mol. The van der Waals surface area contributed by atoms with Crippen LogP contribution in [0.3, 0.4) is 0 Å². The number of para-hydroxylation sites is 1. The Balaban J connectivity index is 1.92. The van der Waals surface area contributed by atoms with Gasteiger partial charge < -0.3 is 14.6 Å². The van der Waals surface area contributed by atoms with E-state index < -0.39 is 0 Å².